The Labute approximate surface area is 169 Å². The van der Waals surface area contributed by atoms with E-state index in [0.717, 1.165) is 48.2 Å². The molecule has 1 aliphatic rings. The molecule has 0 radical (unpaired) electrons. The molecule has 7 nitrogen and oxygen atoms in total. The molecular formula is C22H21N7. The van der Waals surface area contributed by atoms with Crippen LogP contribution in [0.3, 0.4) is 0 Å². The molecule has 5 rings (SSSR count). The topological polar surface area (TPSA) is 71.8 Å². The summed E-state index contributed by atoms with van der Waals surface area (Å²) in [7, 11) is 0. The van der Waals surface area contributed by atoms with Crippen LogP contribution >= 0.6 is 0 Å². The van der Waals surface area contributed by atoms with Crippen molar-refractivity contribution in [3.63, 3.8) is 0 Å². The quantitative estimate of drug-likeness (QED) is 0.558. The van der Waals surface area contributed by atoms with Crippen LogP contribution in [0.25, 0.3) is 5.69 Å². The van der Waals surface area contributed by atoms with E-state index in [1.807, 2.05) is 59.6 Å². The average Bonchev–Trinajstić information content (AvgIpc) is 3.45. The fourth-order valence-corrected chi connectivity index (χ4v) is 3.74. The van der Waals surface area contributed by atoms with Crippen LogP contribution < -0.4 is 10.2 Å². The lowest BCUT2D eigenvalue weighted by molar-refractivity contribution is 0.687. The van der Waals surface area contributed by atoms with Gasteiger partial charge in [-0.05, 0) is 43.2 Å². The second-order valence-corrected chi connectivity index (χ2v) is 6.98. The Morgan fingerprint density at radius 1 is 0.862 bits per heavy atom. The Bertz CT molecular complexity index is 1080. The van der Waals surface area contributed by atoms with Crippen LogP contribution in [0.1, 0.15) is 24.6 Å². The maximum Gasteiger partial charge on any atom is 0.150 e. The lowest BCUT2D eigenvalue weighted by atomic mass is 10.1. The van der Waals surface area contributed by atoms with E-state index in [1.54, 1.807) is 12.5 Å². The van der Waals surface area contributed by atoms with Crippen LogP contribution in [0, 0.1) is 0 Å². The van der Waals surface area contributed by atoms with E-state index < -0.39 is 0 Å². The molecule has 144 valence electrons. The van der Waals surface area contributed by atoms with Gasteiger partial charge in [0.05, 0.1) is 23.6 Å². The Kier molecular flexibility index (Phi) is 4.62. The lowest BCUT2D eigenvalue weighted by Crippen LogP contribution is -2.24. The summed E-state index contributed by atoms with van der Waals surface area (Å²) in [5, 5.41) is 3.21. The number of pyridine rings is 3. The first-order valence-corrected chi connectivity index (χ1v) is 9.73. The van der Waals surface area contributed by atoms with Gasteiger partial charge >= 0.3 is 0 Å². The van der Waals surface area contributed by atoms with E-state index in [0.29, 0.717) is 0 Å². The van der Waals surface area contributed by atoms with Gasteiger partial charge in [0.1, 0.15) is 23.8 Å². The number of rotatable bonds is 5. The molecule has 4 aromatic rings. The first-order chi connectivity index (χ1) is 14.4. The van der Waals surface area contributed by atoms with E-state index in [9.17, 15) is 0 Å². The van der Waals surface area contributed by atoms with Crippen LogP contribution in [0.2, 0.25) is 0 Å². The molecule has 1 aliphatic heterocycles. The minimum atomic E-state index is 0.267. The number of imidazole rings is 1. The van der Waals surface area contributed by atoms with Crippen molar-refractivity contribution in [2.45, 2.75) is 18.9 Å². The SMILES string of the molecule is c1ccc(Nc2cn(-c3ccnc(N4CCCC4c4ccccn4)c3)cn2)nc1. The van der Waals surface area contributed by atoms with Gasteiger partial charge in [0.2, 0.25) is 0 Å². The van der Waals surface area contributed by atoms with Crippen molar-refractivity contribution in [1.29, 1.82) is 0 Å². The number of anilines is 3. The Morgan fingerprint density at radius 3 is 2.59 bits per heavy atom. The highest BCUT2D eigenvalue weighted by atomic mass is 15.2. The smallest absolute Gasteiger partial charge is 0.150 e. The second kappa shape index (κ2) is 7.71. The highest BCUT2D eigenvalue weighted by Gasteiger charge is 2.28. The summed E-state index contributed by atoms with van der Waals surface area (Å²) in [6.07, 6.45) is 11.4. The molecule has 29 heavy (non-hydrogen) atoms. The summed E-state index contributed by atoms with van der Waals surface area (Å²) >= 11 is 0. The van der Waals surface area contributed by atoms with Crippen LogP contribution in [-0.2, 0) is 0 Å². The zero-order valence-corrected chi connectivity index (χ0v) is 15.9. The van der Waals surface area contributed by atoms with Crippen molar-refractivity contribution in [2.24, 2.45) is 0 Å². The van der Waals surface area contributed by atoms with E-state index in [2.05, 4.69) is 42.3 Å². The van der Waals surface area contributed by atoms with Crippen LogP contribution in [0.4, 0.5) is 17.5 Å². The van der Waals surface area contributed by atoms with Crippen molar-refractivity contribution in [1.82, 2.24) is 24.5 Å². The van der Waals surface area contributed by atoms with Crippen molar-refractivity contribution in [3.05, 3.63) is 85.3 Å². The molecule has 1 N–H and O–H groups in total. The highest BCUT2D eigenvalue weighted by Crippen LogP contribution is 2.34. The minimum absolute atomic E-state index is 0.267. The molecule has 1 unspecified atom stereocenters. The molecule has 1 saturated heterocycles. The van der Waals surface area contributed by atoms with Crippen molar-refractivity contribution in [2.75, 3.05) is 16.8 Å². The summed E-state index contributed by atoms with van der Waals surface area (Å²) in [5.74, 6) is 2.47. The molecule has 4 aromatic heterocycles. The molecule has 0 spiro atoms. The van der Waals surface area contributed by atoms with Crippen LogP contribution in [0.15, 0.2) is 79.6 Å². The fraction of sp³-hybridized carbons (Fsp3) is 0.182. The van der Waals surface area contributed by atoms with Crippen molar-refractivity contribution < 1.29 is 0 Å². The molecule has 0 amide bonds. The van der Waals surface area contributed by atoms with Crippen LogP contribution in [0.5, 0.6) is 0 Å². The van der Waals surface area contributed by atoms with Gasteiger partial charge in [-0.25, -0.2) is 15.0 Å². The molecule has 5 heterocycles. The molecule has 1 atom stereocenters. The van der Waals surface area contributed by atoms with Gasteiger partial charge in [0.25, 0.3) is 0 Å². The summed E-state index contributed by atoms with van der Waals surface area (Å²) in [5.41, 5.74) is 2.12. The van der Waals surface area contributed by atoms with Gasteiger partial charge in [-0.1, -0.05) is 12.1 Å². The monoisotopic (exact) mass is 383 g/mol. The molecular weight excluding hydrogens is 362 g/mol. The first-order valence-electron chi connectivity index (χ1n) is 9.73. The van der Waals surface area contributed by atoms with Crippen LogP contribution in [-0.4, -0.2) is 31.0 Å². The van der Waals surface area contributed by atoms with E-state index in [1.165, 1.54) is 0 Å². The maximum atomic E-state index is 4.64. The third kappa shape index (κ3) is 3.67. The standard InChI is InChI=1S/C22H21N7/c1-3-10-23-18(6-1)19-7-5-13-29(19)22-14-17(9-12-25-22)28-15-21(26-16-28)27-20-8-2-4-11-24-20/h1-4,6,8-12,14-16,19H,5,7,13H2,(H,24,27). The van der Waals surface area contributed by atoms with E-state index in [-0.39, 0.29) is 6.04 Å². The predicted octanol–water partition coefficient (Wildman–Crippen LogP) is 4.14. The van der Waals surface area contributed by atoms with Crippen molar-refractivity contribution in [3.8, 4) is 5.69 Å². The largest absolute Gasteiger partial charge is 0.348 e. The number of nitrogens with zero attached hydrogens (tertiary/aromatic N) is 6. The van der Waals surface area contributed by atoms with Gasteiger partial charge in [0.15, 0.2) is 0 Å². The molecule has 0 saturated carbocycles. The van der Waals surface area contributed by atoms with Gasteiger partial charge < -0.3 is 14.8 Å². The van der Waals surface area contributed by atoms with Crippen molar-refractivity contribution >= 4 is 17.5 Å². The average molecular weight is 383 g/mol. The second-order valence-electron chi connectivity index (χ2n) is 6.98. The number of nitrogens with one attached hydrogen (secondary N) is 1. The molecule has 7 heteroatoms. The van der Waals surface area contributed by atoms with Gasteiger partial charge in [-0.2, -0.15) is 0 Å². The number of hydrogen-bond acceptors (Lipinski definition) is 6. The zero-order chi connectivity index (χ0) is 19.5. The predicted molar refractivity (Wildman–Crippen MR) is 112 cm³/mol. The summed E-state index contributed by atoms with van der Waals surface area (Å²) in [6, 6.07) is 16.2. The summed E-state index contributed by atoms with van der Waals surface area (Å²) < 4.78 is 1.99. The minimum Gasteiger partial charge on any atom is -0.348 e. The highest BCUT2D eigenvalue weighted by molar-refractivity contribution is 5.53. The van der Waals surface area contributed by atoms with Gasteiger partial charge in [0, 0.05) is 31.2 Å². The first kappa shape index (κ1) is 17.4. The summed E-state index contributed by atoms with van der Waals surface area (Å²) in [4.78, 5) is 20.3. The number of aromatic nitrogens is 5. The van der Waals surface area contributed by atoms with Gasteiger partial charge in [-0.3, -0.25) is 4.98 Å². The van der Waals surface area contributed by atoms with E-state index >= 15 is 0 Å². The Balaban J connectivity index is 1.39. The fourth-order valence-electron chi connectivity index (χ4n) is 3.74. The normalized spacial score (nSPS) is 16.1. The third-order valence-electron chi connectivity index (χ3n) is 5.11. The molecule has 0 bridgehead atoms. The molecule has 0 aromatic carbocycles. The number of hydrogen-bond donors (Lipinski definition) is 1. The maximum absolute atomic E-state index is 4.64. The molecule has 0 aliphatic carbocycles. The third-order valence-corrected chi connectivity index (χ3v) is 5.11. The molecule has 1 fully saturated rings. The van der Waals surface area contributed by atoms with E-state index in [4.69, 9.17) is 0 Å². The Morgan fingerprint density at radius 2 is 1.76 bits per heavy atom. The van der Waals surface area contributed by atoms with Gasteiger partial charge in [-0.15, -0.1) is 0 Å². The Hall–Kier alpha value is -3.74. The zero-order valence-electron chi connectivity index (χ0n) is 15.9. The summed E-state index contributed by atoms with van der Waals surface area (Å²) in [6.45, 7) is 0.980. The lowest BCUT2D eigenvalue weighted by Gasteiger charge is -2.25.